The van der Waals surface area contributed by atoms with Crippen molar-refractivity contribution in [3.8, 4) is 11.8 Å². The van der Waals surface area contributed by atoms with Gasteiger partial charge in [0.05, 0.1) is 30.4 Å². The summed E-state index contributed by atoms with van der Waals surface area (Å²) in [4.78, 5) is 123. The van der Waals surface area contributed by atoms with E-state index in [0.29, 0.717) is 28.8 Å². The largest absolute Gasteiger partial charge is 0.478 e. The first-order valence-corrected chi connectivity index (χ1v) is 29.6. The Kier molecular flexibility index (Phi) is 25.2. The molecular weight excluding hydrogens is 1100 g/mol. The van der Waals surface area contributed by atoms with E-state index in [2.05, 4.69) is 38.4 Å². The van der Waals surface area contributed by atoms with Crippen molar-refractivity contribution in [3.05, 3.63) is 148 Å². The zero-order valence-electron chi connectivity index (χ0n) is 52.4. The molecule has 19 heteroatoms. The molecule has 1 unspecified atom stereocenters. The highest BCUT2D eigenvalue weighted by Gasteiger charge is 2.42. The molecule has 7 amide bonds. The number of nitrogens with one attached hydrogen (secondary N) is 5. The third-order valence-electron chi connectivity index (χ3n) is 15.9. The van der Waals surface area contributed by atoms with Crippen LogP contribution in [0, 0.1) is 35.0 Å². The third kappa shape index (κ3) is 20.0. The maximum atomic E-state index is 14.1. The molecule has 0 fully saturated rings. The summed E-state index contributed by atoms with van der Waals surface area (Å²) in [6.45, 7) is 18.9. The smallest absolute Gasteiger partial charge is 0.407 e. The number of carboxylic acids is 1. The van der Waals surface area contributed by atoms with Crippen LogP contribution in [0.2, 0.25) is 0 Å². The normalized spacial score (nSPS) is 14.0. The minimum absolute atomic E-state index is 0.0517. The summed E-state index contributed by atoms with van der Waals surface area (Å²) in [7, 11) is 3.29. The fourth-order valence-electron chi connectivity index (χ4n) is 10.5. The number of nitrogens with zero attached hydrogens (tertiary/aromatic N) is 2. The Morgan fingerprint density at radius 2 is 1.36 bits per heavy atom. The van der Waals surface area contributed by atoms with Crippen LogP contribution in [0.5, 0.6) is 0 Å². The van der Waals surface area contributed by atoms with E-state index in [0.717, 1.165) is 22.3 Å². The van der Waals surface area contributed by atoms with Gasteiger partial charge in [-0.05, 0) is 90.1 Å². The van der Waals surface area contributed by atoms with E-state index in [9.17, 15) is 48.3 Å². The molecule has 5 rings (SSSR count). The number of primary amides is 1. The van der Waals surface area contributed by atoms with Crippen molar-refractivity contribution < 1.29 is 53.0 Å². The first-order chi connectivity index (χ1) is 41.0. The van der Waals surface area contributed by atoms with Gasteiger partial charge in [-0.1, -0.05) is 159 Å². The Hall–Kier alpha value is -8.63. The van der Waals surface area contributed by atoms with Gasteiger partial charge in [0.15, 0.2) is 5.78 Å². The number of Topliss-reactive ketones (excluding diaryl/α,β-unsaturated/α-hetero) is 2. The molecule has 8 N–H and O–H groups in total. The van der Waals surface area contributed by atoms with E-state index in [4.69, 9.17) is 10.5 Å². The number of amides is 7. The second-order valence-electron chi connectivity index (χ2n) is 24.7. The first kappa shape index (κ1) is 69.1. The van der Waals surface area contributed by atoms with E-state index < -0.39 is 70.8 Å². The number of fused-ring (bicyclic) bond motifs is 2. The van der Waals surface area contributed by atoms with Gasteiger partial charge in [-0.15, -0.1) is 0 Å². The van der Waals surface area contributed by atoms with Gasteiger partial charge < -0.3 is 52.0 Å². The molecule has 0 aliphatic carbocycles. The summed E-state index contributed by atoms with van der Waals surface area (Å²) in [5.41, 5.74) is 9.85. The molecule has 4 aromatic carbocycles. The number of anilines is 1. The van der Waals surface area contributed by atoms with Crippen LogP contribution in [-0.2, 0) is 69.8 Å². The van der Waals surface area contributed by atoms with Gasteiger partial charge in [0, 0.05) is 73.9 Å². The number of urea groups is 1. The second kappa shape index (κ2) is 31.7. The van der Waals surface area contributed by atoms with Crippen LogP contribution < -0.4 is 37.2 Å². The van der Waals surface area contributed by atoms with E-state index in [1.54, 1.807) is 49.3 Å². The number of ether oxygens (including phenoxy) is 1. The highest BCUT2D eigenvalue weighted by Crippen LogP contribution is 2.31. The maximum Gasteiger partial charge on any atom is 0.407 e. The average molecular weight is 1190 g/mol. The molecule has 1 aliphatic rings. The lowest BCUT2D eigenvalue weighted by atomic mass is 9.76. The minimum atomic E-state index is -1.08. The number of ketones is 2. The number of carbonyl (C=O) groups is 9. The summed E-state index contributed by atoms with van der Waals surface area (Å²) in [6, 6.07) is 25.5. The van der Waals surface area contributed by atoms with Gasteiger partial charge in [0.25, 0.3) is 0 Å². The molecule has 19 nitrogen and oxygen atoms in total. The first-order valence-electron chi connectivity index (χ1n) is 29.6. The van der Waals surface area contributed by atoms with Crippen LogP contribution in [0.3, 0.4) is 0 Å². The Bertz CT molecular complexity index is 3210. The van der Waals surface area contributed by atoms with Crippen molar-refractivity contribution in [2.75, 3.05) is 25.5 Å². The lowest BCUT2D eigenvalue weighted by Crippen LogP contribution is -2.61. The fourth-order valence-corrected chi connectivity index (χ4v) is 10.5. The van der Waals surface area contributed by atoms with Gasteiger partial charge in [0.1, 0.15) is 18.4 Å². The van der Waals surface area contributed by atoms with Gasteiger partial charge in [-0.25, -0.2) is 14.4 Å². The molecular formula is C68H88N8O11. The molecule has 1 heterocycles. The van der Waals surface area contributed by atoms with Crippen molar-refractivity contribution in [1.82, 2.24) is 31.5 Å². The number of likely N-dealkylation sites (N-methyl/N-ethyl adjacent to an activating group) is 2. The molecule has 1 aliphatic heterocycles. The highest BCUT2D eigenvalue weighted by atomic mass is 16.5. The van der Waals surface area contributed by atoms with Crippen LogP contribution in [0.1, 0.15) is 140 Å². The quantitative estimate of drug-likeness (QED) is 0.0155. The lowest BCUT2D eigenvalue weighted by molar-refractivity contribution is -0.141. The van der Waals surface area contributed by atoms with Crippen molar-refractivity contribution in [2.45, 2.75) is 157 Å². The van der Waals surface area contributed by atoms with E-state index >= 15 is 0 Å². The third-order valence-corrected chi connectivity index (χ3v) is 15.9. The van der Waals surface area contributed by atoms with E-state index in [1.807, 2.05) is 135 Å². The lowest BCUT2D eigenvalue weighted by Gasteiger charge is -2.40. The number of benzene rings is 4. The average Bonchev–Trinajstić information content (AvgIpc) is 2.26. The molecule has 0 aromatic heterocycles. The van der Waals surface area contributed by atoms with Crippen molar-refractivity contribution in [1.29, 1.82) is 0 Å². The van der Waals surface area contributed by atoms with Gasteiger partial charge in [-0.3, -0.25) is 28.8 Å². The summed E-state index contributed by atoms with van der Waals surface area (Å²) in [5, 5.41) is 23.9. The molecule has 0 radical (unpaired) electrons. The number of hydrogen-bond donors (Lipinski definition) is 7. The van der Waals surface area contributed by atoms with Crippen LogP contribution in [-0.4, -0.2) is 108 Å². The number of carboxylic acid groups (broad SMARTS) is 1. The second-order valence-corrected chi connectivity index (χ2v) is 24.7. The minimum Gasteiger partial charge on any atom is -0.478 e. The number of hydrogen-bond acceptors (Lipinski definition) is 11. The SMILES string of the molecule is CNC(C(=O)N[C@H](C(=O)N(C)[C@H](/C=C(\C)C(=O)O)C(C)C)C(C)(C)C)C(C)(C)c1ccc(CNC(=O)OCc2ccc(CC(=O)[C@H](CCCNC(N)=O)NC(=O)[C@@H](CC(=O)CCC(=O)N3Cc4ccccc4C#Cc4ccccc43)C(C)C)cc2)cc1. The summed E-state index contributed by atoms with van der Waals surface area (Å²) in [6.07, 6.45) is 1.05. The monoisotopic (exact) mass is 1190 g/mol. The highest BCUT2D eigenvalue weighted by molar-refractivity contribution is 5.98. The van der Waals surface area contributed by atoms with Gasteiger partial charge in [0.2, 0.25) is 23.6 Å². The number of alkyl carbamates (subject to hydrolysis) is 1. The predicted molar refractivity (Wildman–Crippen MR) is 335 cm³/mol. The Morgan fingerprint density at radius 1 is 0.747 bits per heavy atom. The Labute approximate surface area is 512 Å². The molecule has 466 valence electrons. The predicted octanol–water partition coefficient (Wildman–Crippen LogP) is 8.03. The van der Waals surface area contributed by atoms with Crippen LogP contribution in [0.4, 0.5) is 15.3 Å². The Morgan fingerprint density at radius 3 is 1.97 bits per heavy atom. The number of para-hydroxylation sites is 1. The molecule has 0 saturated heterocycles. The number of carbonyl (C=O) groups excluding carboxylic acids is 8. The summed E-state index contributed by atoms with van der Waals surface area (Å²) < 4.78 is 5.51. The molecule has 0 spiro atoms. The molecule has 4 aromatic rings. The van der Waals surface area contributed by atoms with Gasteiger partial charge >= 0.3 is 18.1 Å². The standard InChI is InChI=1S/C68H88N8O11/c1-42(2)53(38-52(77)33-34-58(79)76-40-50-20-14-13-18-48(50)29-30-49-19-15-16-22-55(49)76)61(80)73-54(21-17-35-71-65(69)85)57(78)37-45-23-25-47(26-24-45)41-87-66(86)72-39-46-27-31-51(32-28-46)68(9,10)59(70-11)62(81)74-60(67(6,7)8)63(82)75(12)56(43(3)4)36-44(5)64(83)84/h13-16,18-20,22-28,31-32,36,42-43,53-54,56,59-60,70H,17,21,33-35,37-41H2,1-12H3,(H,72,86)(H,73,80)(H,74,81)(H,83,84)(H3,69,71,85)/b44-36+/t53-,54-,56+,59?,60+/m0/s1. The Balaban J connectivity index is 1.14. The number of rotatable bonds is 29. The van der Waals surface area contributed by atoms with Crippen LogP contribution >= 0.6 is 0 Å². The molecule has 5 atom stereocenters. The number of nitrogens with two attached hydrogens (primary N) is 1. The van der Waals surface area contributed by atoms with Crippen LogP contribution in [0.15, 0.2) is 109 Å². The topological polar surface area (TPSA) is 276 Å². The van der Waals surface area contributed by atoms with Gasteiger partial charge in [-0.2, -0.15) is 0 Å². The van der Waals surface area contributed by atoms with E-state index in [-0.39, 0.29) is 99.1 Å². The maximum absolute atomic E-state index is 14.1. The zero-order valence-corrected chi connectivity index (χ0v) is 52.4. The summed E-state index contributed by atoms with van der Waals surface area (Å²) >= 11 is 0. The molecule has 0 bridgehead atoms. The summed E-state index contributed by atoms with van der Waals surface area (Å²) in [5.74, 6) is 2.10. The van der Waals surface area contributed by atoms with Crippen molar-refractivity contribution >= 4 is 59.0 Å². The van der Waals surface area contributed by atoms with E-state index in [1.165, 1.54) is 11.8 Å². The van der Waals surface area contributed by atoms with Crippen molar-refractivity contribution in [2.24, 2.45) is 28.9 Å². The molecule has 87 heavy (non-hydrogen) atoms. The zero-order chi connectivity index (χ0) is 64.3. The molecule has 0 saturated carbocycles. The van der Waals surface area contributed by atoms with Crippen molar-refractivity contribution in [3.63, 3.8) is 0 Å². The fraction of sp³-hybridized carbons (Fsp3) is 0.456. The number of aliphatic carboxylic acids is 1. The van der Waals surface area contributed by atoms with Crippen LogP contribution in [0.25, 0.3) is 0 Å².